The number of nitrogens with one attached hydrogen (secondary N) is 4. The fourth-order valence-corrected chi connectivity index (χ4v) is 4.24. The van der Waals surface area contributed by atoms with Gasteiger partial charge in [0.25, 0.3) is 10.0 Å². The summed E-state index contributed by atoms with van der Waals surface area (Å²) in [5.41, 5.74) is 0.327. The highest BCUT2D eigenvalue weighted by molar-refractivity contribution is 7.92. The van der Waals surface area contributed by atoms with Crippen LogP contribution in [0.25, 0.3) is 0 Å². The third-order valence-electron chi connectivity index (χ3n) is 3.17. The SMILES string of the molecule is CNC(=O)NCc1ccsc1S(=O)(=O)NC(=O)Nc1nc(OC)cc(OC)n1. The van der Waals surface area contributed by atoms with Gasteiger partial charge in [-0.3, -0.25) is 5.32 Å². The molecular formula is C14H18N6O6S2. The Morgan fingerprint density at radius 2 is 1.79 bits per heavy atom. The molecule has 0 saturated carbocycles. The fraction of sp³-hybridized carbons (Fsp3) is 0.286. The molecule has 4 amide bonds. The van der Waals surface area contributed by atoms with Crippen LogP contribution in [0.5, 0.6) is 11.8 Å². The summed E-state index contributed by atoms with van der Waals surface area (Å²) in [6.45, 7) is -0.0305. The van der Waals surface area contributed by atoms with Crippen LogP contribution in [0.4, 0.5) is 15.5 Å². The van der Waals surface area contributed by atoms with E-state index in [1.165, 1.54) is 38.8 Å². The third kappa shape index (κ3) is 5.43. The van der Waals surface area contributed by atoms with Crippen molar-refractivity contribution in [2.45, 2.75) is 10.8 Å². The molecule has 152 valence electrons. The van der Waals surface area contributed by atoms with E-state index >= 15 is 0 Å². The number of ether oxygens (including phenoxy) is 2. The predicted molar refractivity (Wildman–Crippen MR) is 100 cm³/mol. The summed E-state index contributed by atoms with van der Waals surface area (Å²) in [7, 11) is -0.0288. The molecule has 4 N–H and O–H groups in total. The van der Waals surface area contributed by atoms with Crippen molar-refractivity contribution in [2.75, 3.05) is 26.6 Å². The zero-order valence-corrected chi connectivity index (χ0v) is 16.7. The van der Waals surface area contributed by atoms with E-state index in [-0.39, 0.29) is 28.5 Å². The molecule has 0 unspecified atom stereocenters. The number of carbonyl (C=O) groups is 2. The molecule has 2 rings (SSSR count). The Balaban J connectivity index is 2.11. The standard InChI is InChI=1S/C14H18N6O6S2/c1-15-13(21)16-7-8-4-5-27-11(8)28(23,24)20-14(22)19-12-17-9(25-2)6-10(18-12)26-3/h4-6H,7H2,1-3H3,(H2,15,16,21)(H2,17,18,19,20,22). The molecule has 0 aromatic carbocycles. The number of methoxy groups -OCH3 is 2. The Labute approximate surface area is 164 Å². The van der Waals surface area contributed by atoms with E-state index in [0.717, 1.165) is 11.3 Å². The number of hydrogen-bond donors (Lipinski definition) is 4. The molecule has 12 nitrogen and oxygen atoms in total. The van der Waals surface area contributed by atoms with Gasteiger partial charge >= 0.3 is 12.1 Å². The summed E-state index contributed by atoms with van der Waals surface area (Å²) in [6, 6.07) is 1.37. The van der Waals surface area contributed by atoms with Crippen molar-refractivity contribution >= 4 is 39.4 Å². The summed E-state index contributed by atoms with van der Waals surface area (Å²) in [4.78, 5) is 31.1. The first-order chi connectivity index (χ1) is 13.3. The van der Waals surface area contributed by atoms with E-state index in [1.54, 1.807) is 0 Å². The van der Waals surface area contributed by atoms with Crippen LogP contribution >= 0.6 is 11.3 Å². The molecule has 0 radical (unpaired) electrons. The number of anilines is 1. The molecule has 14 heteroatoms. The molecule has 0 saturated heterocycles. The first kappa shape index (κ1) is 21.2. The Morgan fingerprint density at radius 3 is 2.36 bits per heavy atom. The van der Waals surface area contributed by atoms with Crippen LogP contribution in [0, 0.1) is 0 Å². The highest BCUT2D eigenvalue weighted by atomic mass is 32.2. The van der Waals surface area contributed by atoms with Gasteiger partial charge < -0.3 is 20.1 Å². The van der Waals surface area contributed by atoms with Crippen LogP contribution in [-0.4, -0.2) is 51.7 Å². The van der Waals surface area contributed by atoms with E-state index in [9.17, 15) is 18.0 Å². The van der Waals surface area contributed by atoms with Gasteiger partial charge in [0.1, 0.15) is 4.21 Å². The highest BCUT2D eigenvalue weighted by Crippen LogP contribution is 2.23. The number of nitrogens with zero attached hydrogens (tertiary/aromatic N) is 2. The summed E-state index contributed by atoms with van der Waals surface area (Å²) in [6.07, 6.45) is 0. The average molecular weight is 430 g/mol. The van der Waals surface area contributed by atoms with Crippen LogP contribution in [0.2, 0.25) is 0 Å². The van der Waals surface area contributed by atoms with Crippen LogP contribution in [0.1, 0.15) is 5.56 Å². The molecule has 0 atom stereocenters. The molecule has 0 aliphatic heterocycles. The van der Waals surface area contributed by atoms with Gasteiger partial charge in [0.15, 0.2) is 0 Å². The van der Waals surface area contributed by atoms with Gasteiger partial charge in [0.2, 0.25) is 17.7 Å². The van der Waals surface area contributed by atoms with Crippen LogP contribution < -0.4 is 30.1 Å². The maximum Gasteiger partial charge on any atom is 0.335 e. The number of rotatable bonds is 7. The molecule has 2 aromatic heterocycles. The second-order valence-electron chi connectivity index (χ2n) is 5.00. The largest absolute Gasteiger partial charge is 0.481 e. The first-order valence-electron chi connectivity index (χ1n) is 7.62. The number of hydrogen-bond acceptors (Lipinski definition) is 9. The van der Waals surface area contributed by atoms with Gasteiger partial charge in [-0.2, -0.15) is 9.97 Å². The predicted octanol–water partition coefficient (Wildman–Crippen LogP) is 0.495. The molecule has 0 aliphatic rings. The maximum absolute atomic E-state index is 12.5. The zero-order chi connectivity index (χ0) is 20.7. The molecule has 2 aromatic rings. The summed E-state index contributed by atoms with van der Waals surface area (Å²) in [5.74, 6) is 0.0215. The minimum Gasteiger partial charge on any atom is -0.481 e. The van der Waals surface area contributed by atoms with Crippen molar-refractivity contribution in [2.24, 2.45) is 0 Å². The van der Waals surface area contributed by atoms with Crippen molar-refractivity contribution in [3.63, 3.8) is 0 Å². The summed E-state index contributed by atoms with van der Waals surface area (Å²) < 4.78 is 36.7. The number of urea groups is 2. The smallest absolute Gasteiger partial charge is 0.335 e. The van der Waals surface area contributed by atoms with Gasteiger partial charge in [-0.1, -0.05) is 0 Å². The molecule has 0 aliphatic carbocycles. The molecular weight excluding hydrogens is 412 g/mol. The van der Waals surface area contributed by atoms with Crippen molar-refractivity contribution in [1.82, 2.24) is 25.3 Å². The number of thiophene rings is 1. The molecule has 2 heterocycles. The Hall–Kier alpha value is -3.13. The lowest BCUT2D eigenvalue weighted by atomic mass is 10.3. The normalized spacial score (nSPS) is 10.7. The summed E-state index contributed by atoms with van der Waals surface area (Å²) in [5, 5.41) is 8.57. The monoisotopic (exact) mass is 430 g/mol. The number of aromatic nitrogens is 2. The van der Waals surface area contributed by atoms with Crippen LogP contribution in [0.15, 0.2) is 21.7 Å². The second kappa shape index (κ2) is 9.18. The van der Waals surface area contributed by atoms with Gasteiger partial charge in [-0.15, -0.1) is 11.3 Å². The average Bonchev–Trinajstić information content (AvgIpc) is 3.14. The van der Waals surface area contributed by atoms with Gasteiger partial charge in [-0.05, 0) is 11.4 Å². The van der Waals surface area contributed by atoms with E-state index in [4.69, 9.17) is 9.47 Å². The molecule has 0 fully saturated rings. The Morgan fingerprint density at radius 1 is 1.14 bits per heavy atom. The molecule has 0 spiro atoms. The Bertz CT molecular complexity index is 939. The first-order valence-corrected chi connectivity index (χ1v) is 9.98. The quantitative estimate of drug-likeness (QED) is 0.494. The lowest BCUT2D eigenvalue weighted by Crippen LogP contribution is -2.36. The van der Waals surface area contributed by atoms with Crippen molar-refractivity contribution in [3.8, 4) is 11.8 Å². The van der Waals surface area contributed by atoms with E-state index in [0.29, 0.717) is 5.56 Å². The third-order valence-corrected chi connectivity index (χ3v) is 6.07. The van der Waals surface area contributed by atoms with Crippen LogP contribution in [-0.2, 0) is 16.6 Å². The molecule has 28 heavy (non-hydrogen) atoms. The lowest BCUT2D eigenvalue weighted by molar-refractivity contribution is 0.242. The number of carbonyl (C=O) groups excluding carboxylic acids is 2. The van der Waals surface area contributed by atoms with Crippen molar-refractivity contribution in [3.05, 3.63) is 23.1 Å². The van der Waals surface area contributed by atoms with E-state index in [1.807, 2.05) is 4.72 Å². The van der Waals surface area contributed by atoms with Gasteiger partial charge in [0.05, 0.1) is 20.3 Å². The number of sulfonamides is 1. The highest BCUT2D eigenvalue weighted by Gasteiger charge is 2.23. The summed E-state index contributed by atoms with van der Waals surface area (Å²) >= 11 is 0.903. The van der Waals surface area contributed by atoms with Crippen molar-refractivity contribution in [1.29, 1.82) is 0 Å². The van der Waals surface area contributed by atoms with Crippen molar-refractivity contribution < 1.29 is 27.5 Å². The topological polar surface area (TPSA) is 161 Å². The van der Waals surface area contributed by atoms with E-state index < -0.39 is 22.1 Å². The fourth-order valence-electron chi connectivity index (χ4n) is 1.92. The second-order valence-corrected chi connectivity index (χ2v) is 7.80. The zero-order valence-electron chi connectivity index (χ0n) is 15.1. The minimum atomic E-state index is -4.19. The van der Waals surface area contributed by atoms with E-state index in [2.05, 4.69) is 25.9 Å². The van der Waals surface area contributed by atoms with Crippen LogP contribution in [0.3, 0.4) is 0 Å². The maximum atomic E-state index is 12.5. The van der Waals surface area contributed by atoms with Gasteiger partial charge in [-0.25, -0.2) is 22.7 Å². The molecule has 0 bridgehead atoms. The minimum absolute atomic E-state index is 0.0305. The lowest BCUT2D eigenvalue weighted by Gasteiger charge is -2.10. The Kier molecular flexibility index (Phi) is 6.94. The van der Waals surface area contributed by atoms with Gasteiger partial charge in [0, 0.05) is 19.2 Å². The number of amides is 4.